The van der Waals surface area contributed by atoms with E-state index in [-0.39, 0.29) is 11.9 Å². The summed E-state index contributed by atoms with van der Waals surface area (Å²) in [7, 11) is -1.50. The van der Waals surface area contributed by atoms with Gasteiger partial charge in [0.15, 0.2) is 0 Å². The number of benzene rings is 2. The summed E-state index contributed by atoms with van der Waals surface area (Å²) in [6.45, 7) is 2.31. The fourth-order valence-electron chi connectivity index (χ4n) is 4.47. The number of anilines is 1. The molecule has 1 fully saturated rings. The number of hydrogen-bond donors (Lipinski definition) is 4. The fraction of sp³-hybridized carbons (Fsp3) is 0.280. The number of rotatable bonds is 5. The van der Waals surface area contributed by atoms with Crippen molar-refractivity contribution in [1.82, 2.24) is 20.3 Å². The summed E-state index contributed by atoms with van der Waals surface area (Å²) in [5.74, 6) is -0.233. The smallest absolute Gasteiger partial charge is 0.251 e. The van der Waals surface area contributed by atoms with E-state index >= 15 is 4.39 Å². The van der Waals surface area contributed by atoms with E-state index in [0.717, 1.165) is 43.5 Å². The first-order valence-electron chi connectivity index (χ1n) is 11.3. The van der Waals surface area contributed by atoms with Crippen LogP contribution < -0.4 is 21.1 Å². The van der Waals surface area contributed by atoms with Gasteiger partial charge in [0, 0.05) is 47.6 Å². The predicted octanol–water partition coefficient (Wildman–Crippen LogP) is 2.79. The first kappa shape index (κ1) is 22.6. The second-order valence-electron chi connectivity index (χ2n) is 8.61. The summed E-state index contributed by atoms with van der Waals surface area (Å²) in [6, 6.07) is 12.1. The molecule has 2 atom stereocenters. The molecule has 0 saturated carbocycles. The van der Waals surface area contributed by atoms with Crippen molar-refractivity contribution in [3.05, 3.63) is 65.6 Å². The highest BCUT2D eigenvalue weighted by Crippen LogP contribution is 2.33. The Morgan fingerprint density at radius 3 is 2.71 bits per heavy atom. The van der Waals surface area contributed by atoms with Gasteiger partial charge in [-0.05, 0) is 61.2 Å². The number of aromatic nitrogens is 1. The number of halogens is 1. The fourth-order valence-corrected chi connectivity index (χ4v) is 5.51. The number of piperidine rings is 1. The first-order valence-corrected chi connectivity index (χ1v) is 12.5. The van der Waals surface area contributed by atoms with Crippen LogP contribution in [0.15, 0.2) is 53.6 Å². The van der Waals surface area contributed by atoms with Gasteiger partial charge in [0.2, 0.25) is 0 Å². The number of amides is 1. The number of nitrogens with zero attached hydrogens (tertiary/aromatic N) is 1. The van der Waals surface area contributed by atoms with Crippen LogP contribution in [0.3, 0.4) is 0 Å². The Morgan fingerprint density at radius 2 is 1.91 bits per heavy atom. The molecule has 0 bridgehead atoms. The van der Waals surface area contributed by atoms with Crippen LogP contribution in [-0.2, 0) is 17.4 Å². The second kappa shape index (κ2) is 9.61. The second-order valence-corrected chi connectivity index (χ2v) is 9.85. The highest BCUT2D eigenvalue weighted by atomic mass is 32.2. The van der Waals surface area contributed by atoms with Crippen LogP contribution in [0.4, 0.5) is 10.2 Å². The minimum atomic E-state index is -1.50. The van der Waals surface area contributed by atoms with Crippen LogP contribution in [0.25, 0.3) is 22.3 Å². The van der Waals surface area contributed by atoms with Gasteiger partial charge in [-0.2, -0.15) is 0 Å². The SMILES string of the molecule is Nc1ncc(-c2ccc(S(=O)NC3CCCNC3)cc2F)cc1-c1ccc2c(c1)CCNC2=O. The topological polar surface area (TPSA) is 109 Å². The van der Waals surface area contributed by atoms with Crippen molar-refractivity contribution >= 4 is 22.7 Å². The van der Waals surface area contributed by atoms with Crippen molar-refractivity contribution in [3.8, 4) is 22.3 Å². The van der Waals surface area contributed by atoms with Crippen LogP contribution in [0.1, 0.15) is 28.8 Å². The Hall–Kier alpha value is -3.14. The molecule has 0 spiro atoms. The first-order chi connectivity index (χ1) is 16.5. The Bertz CT molecular complexity index is 1280. The normalized spacial score (nSPS) is 18.7. The van der Waals surface area contributed by atoms with E-state index in [4.69, 9.17) is 5.73 Å². The van der Waals surface area contributed by atoms with Gasteiger partial charge >= 0.3 is 0 Å². The number of nitrogen functional groups attached to an aromatic ring is 1. The quantitative estimate of drug-likeness (QED) is 0.450. The lowest BCUT2D eigenvalue weighted by atomic mass is 9.94. The van der Waals surface area contributed by atoms with E-state index in [2.05, 4.69) is 20.3 Å². The Balaban J connectivity index is 1.42. The Morgan fingerprint density at radius 1 is 1.06 bits per heavy atom. The van der Waals surface area contributed by atoms with Crippen LogP contribution in [0.5, 0.6) is 0 Å². The number of hydrogen-bond acceptors (Lipinski definition) is 5. The van der Waals surface area contributed by atoms with Gasteiger partial charge in [-0.25, -0.2) is 18.3 Å². The van der Waals surface area contributed by atoms with Crippen molar-refractivity contribution in [2.75, 3.05) is 25.4 Å². The number of nitrogens with one attached hydrogen (secondary N) is 3. The van der Waals surface area contributed by atoms with Gasteiger partial charge in [-0.1, -0.05) is 18.2 Å². The molecular weight excluding hydrogens is 453 g/mol. The molecule has 5 rings (SSSR count). The number of pyridine rings is 1. The zero-order valence-electron chi connectivity index (χ0n) is 18.6. The van der Waals surface area contributed by atoms with Crippen LogP contribution in [0, 0.1) is 5.82 Å². The summed E-state index contributed by atoms with van der Waals surface area (Å²) in [5.41, 5.74) is 10.2. The number of carbonyl (C=O) groups excluding carboxylic acids is 1. The summed E-state index contributed by atoms with van der Waals surface area (Å²) in [4.78, 5) is 16.7. The Labute approximate surface area is 199 Å². The van der Waals surface area contributed by atoms with Crippen molar-refractivity contribution in [1.29, 1.82) is 0 Å². The molecule has 0 aliphatic carbocycles. The molecule has 3 aromatic rings. The Kier molecular flexibility index (Phi) is 6.40. The molecule has 3 heterocycles. The van der Waals surface area contributed by atoms with Gasteiger partial charge in [0.05, 0.1) is 4.90 Å². The van der Waals surface area contributed by atoms with Crippen LogP contribution >= 0.6 is 0 Å². The molecule has 2 aliphatic heterocycles. The van der Waals surface area contributed by atoms with E-state index in [9.17, 15) is 9.00 Å². The maximum Gasteiger partial charge on any atom is 0.251 e. The molecule has 1 amide bonds. The molecular formula is C25H26FN5O2S. The van der Waals surface area contributed by atoms with E-state index in [1.54, 1.807) is 24.3 Å². The number of fused-ring (bicyclic) bond motifs is 1. The molecule has 2 unspecified atom stereocenters. The molecule has 1 aromatic heterocycles. The largest absolute Gasteiger partial charge is 0.383 e. The maximum absolute atomic E-state index is 15.1. The zero-order chi connectivity index (χ0) is 23.7. The lowest BCUT2D eigenvalue weighted by Crippen LogP contribution is -2.43. The molecule has 2 aliphatic rings. The third-order valence-corrected chi connectivity index (χ3v) is 7.52. The van der Waals surface area contributed by atoms with Crippen molar-refractivity contribution in [2.24, 2.45) is 0 Å². The van der Waals surface area contributed by atoms with Crippen molar-refractivity contribution in [3.63, 3.8) is 0 Å². The summed E-state index contributed by atoms with van der Waals surface area (Å²) >= 11 is 0. The molecule has 7 nitrogen and oxygen atoms in total. The third kappa shape index (κ3) is 4.59. The number of carbonyl (C=O) groups is 1. The van der Waals surface area contributed by atoms with Crippen LogP contribution in [-0.4, -0.2) is 40.8 Å². The number of nitrogens with two attached hydrogens (primary N) is 1. The lowest BCUT2D eigenvalue weighted by molar-refractivity contribution is 0.0946. The van der Waals surface area contributed by atoms with Gasteiger partial charge in [-0.3, -0.25) is 4.79 Å². The summed E-state index contributed by atoms with van der Waals surface area (Å²) < 4.78 is 30.9. The third-order valence-electron chi connectivity index (χ3n) is 6.30. The maximum atomic E-state index is 15.1. The molecule has 2 aromatic carbocycles. The molecule has 1 saturated heterocycles. The molecule has 5 N–H and O–H groups in total. The molecule has 176 valence electrons. The minimum Gasteiger partial charge on any atom is -0.383 e. The van der Waals surface area contributed by atoms with Gasteiger partial charge < -0.3 is 16.4 Å². The molecule has 34 heavy (non-hydrogen) atoms. The summed E-state index contributed by atoms with van der Waals surface area (Å²) in [5, 5.41) is 6.10. The standard InChI is InChI=1S/C25H26FN5O2S/c26-23-12-19(34(33)31-18-2-1-8-28-14-18)4-6-20(23)17-11-22(24(27)30-13-17)15-3-5-21-16(10-15)7-9-29-25(21)32/h3-6,10-13,18,28,31H,1-2,7-9,14H2,(H2,27,30)(H,29,32). The molecule has 0 radical (unpaired) electrons. The van der Waals surface area contributed by atoms with Crippen molar-refractivity contribution in [2.45, 2.75) is 30.2 Å². The highest BCUT2D eigenvalue weighted by Gasteiger charge is 2.19. The van der Waals surface area contributed by atoms with E-state index < -0.39 is 16.8 Å². The predicted molar refractivity (Wildman–Crippen MR) is 131 cm³/mol. The summed E-state index contributed by atoms with van der Waals surface area (Å²) in [6.07, 6.45) is 4.23. The van der Waals surface area contributed by atoms with Gasteiger partial charge in [-0.15, -0.1) is 0 Å². The van der Waals surface area contributed by atoms with Gasteiger partial charge in [0.25, 0.3) is 5.91 Å². The van der Waals surface area contributed by atoms with Gasteiger partial charge in [0.1, 0.15) is 22.6 Å². The van der Waals surface area contributed by atoms with Crippen LogP contribution in [0.2, 0.25) is 0 Å². The monoisotopic (exact) mass is 479 g/mol. The van der Waals surface area contributed by atoms with Crippen molar-refractivity contribution < 1.29 is 13.4 Å². The van der Waals surface area contributed by atoms with E-state index in [0.29, 0.717) is 39.5 Å². The van der Waals surface area contributed by atoms with E-state index in [1.807, 2.05) is 12.1 Å². The average molecular weight is 480 g/mol. The highest BCUT2D eigenvalue weighted by molar-refractivity contribution is 7.83. The average Bonchev–Trinajstić information content (AvgIpc) is 2.85. The van der Waals surface area contributed by atoms with E-state index in [1.165, 1.54) is 12.3 Å². The lowest BCUT2D eigenvalue weighted by Gasteiger charge is -2.23. The molecule has 9 heteroatoms. The minimum absolute atomic E-state index is 0.0820. The zero-order valence-corrected chi connectivity index (χ0v) is 19.4.